The Hall–Kier alpha value is -1.14. The van der Waals surface area contributed by atoms with Gasteiger partial charge in [0.1, 0.15) is 0 Å². The van der Waals surface area contributed by atoms with Crippen LogP contribution in [-0.2, 0) is 9.59 Å². The van der Waals surface area contributed by atoms with Crippen molar-refractivity contribution < 1.29 is 30.0 Å². The third kappa shape index (κ3) is 20.3. The standard InChI is InChI=1S/C6H10O4.C6H14O2/c7-5(8)3-1-2-4-6(9)10;1-2-6(8)4-3-5-7/h1-4H2,(H,7,8)(H,9,10);6-8H,2-5H2,1H3. The van der Waals surface area contributed by atoms with Gasteiger partial charge in [-0.1, -0.05) is 6.92 Å². The summed E-state index contributed by atoms with van der Waals surface area (Å²) in [5.74, 6) is -1.74. The lowest BCUT2D eigenvalue weighted by Gasteiger charge is -2.03. The number of hydrogen-bond acceptors (Lipinski definition) is 4. The lowest BCUT2D eigenvalue weighted by molar-refractivity contribution is -0.139. The number of aliphatic carboxylic acids is 2. The molecule has 0 aromatic heterocycles. The van der Waals surface area contributed by atoms with Gasteiger partial charge in [-0.3, -0.25) is 9.59 Å². The van der Waals surface area contributed by atoms with Gasteiger partial charge in [0.2, 0.25) is 0 Å². The van der Waals surface area contributed by atoms with Gasteiger partial charge in [-0.25, -0.2) is 0 Å². The Kier molecular flexibility index (Phi) is 14.9. The molecule has 0 aliphatic carbocycles. The number of aliphatic hydroxyl groups excluding tert-OH is 2. The number of carboxylic acid groups (broad SMARTS) is 2. The van der Waals surface area contributed by atoms with Crippen LogP contribution in [-0.4, -0.2) is 45.1 Å². The van der Waals surface area contributed by atoms with E-state index in [2.05, 4.69) is 0 Å². The smallest absolute Gasteiger partial charge is 0.303 e. The first-order valence-electron chi connectivity index (χ1n) is 6.16. The number of rotatable bonds is 9. The van der Waals surface area contributed by atoms with Crippen molar-refractivity contribution in [2.45, 2.75) is 58.0 Å². The minimum atomic E-state index is -0.870. The predicted molar refractivity (Wildman–Crippen MR) is 66.4 cm³/mol. The van der Waals surface area contributed by atoms with Gasteiger partial charge in [-0.15, -0.1) is 0 Å². The van der Waals surface area contributed by atoms with Gasteiger partial charge in [0.05, 0.1) is 6.10 Å². The van der Waals surface area contributed by atoms with Crippen LogP contribution in [0.3, 0.4) is 0 Å². The Morgan fingerprint density at radius 1 is 1.00 bits per heavy atom. The number of carbonyl (C=O) groups is 2. The van der Waals surface area contributed by atoms with Crippen LogP contribution in [0.25, 0.3) is 0 Å². The van der Waals surface area contributed by atoms with Crippen LogP contribution >= 0.6 is 0 Å². The molecule has 0 spiro atoms. The number of hydrogen-bond donors (Lipinski definition) is 4. The molecule has 6 nitrogen and oxygen atoms in total. The summed E-state index contributed by atoms with van der Waals surface area (Å²) in [4.78, 5) is 19.8. The van der Waals surface area contributed by atoms with Crippen LogP contribution in [0, 0.1) is 0 Å². The normalized spacial score (nSPS) is 11.3. The van der Waals surface area contributed by atoms with Crippen molar-refractivity contribution in [1.82, 2.24) is 0 Å². The molecule has 0 aromatic carbocycles. The van der Waals surface area contributed by atoms with E-state index in [0.29, 0.717) is 12.8 Å². The first-order valence-corrected chi connectivity index (χ1v) is 6.16. The SMILES string of the molecule is CCC(O)CCCO.O=C(O)CCCCC(=O)O. The first-order chi connectivity index (χ1) is 8.43. The highest BCUT2D eigenvalue weighted by molar-refractivity contribution is 5.67. The lowest BCUT2D eigenvalue weighted by Crippen LogP contribution is -2.04. The highest BCUT2D eigenvalue weighted by atomic mass is 16.4. The summed E-state index contributed by atoms with van der Waals surface area (Å²) < 4.78 is 0. The lowest BCUT2D eigenvalue weighted by atomic mass is 10.2. The Morgan fingerprint density at radius 3 is 1.72 bits per heavy atom. The molecule has 0 amide bonds. The maximum absolute atomic E-state index is 9.90. The highest BCUT2D eigenvalue weighted by Gasteiger charge is 1.99. The second-order valence-corrected chi connectivity index (χ2v) is 3.92. The van der Waals surface area contributed by atoms with Crippen LogP contribution in [0.5, 0.6) is 0 Å². The van der Waals surface area contributed by atoms with E-state index >= 15 is 0 Å². The van der Waals surface area contributed by atoms with Gasteiger partial charge in [0, 0.05) is 19.4 Å². The molecular weight excluding hydrogens is 240 g/mol. The van der Waals surface area contributed by atoms with Crippen molar-refractivity contribution in [3.63, 3.8) is 0 Å². The molecule has 0 heterocycles. The van der Waals surface area contributed by atoms with Gasteiger partial charge < -0.3 is 20.4 Å². The van der Waals surface area contributed by atoms with E-state index in [-0.39, 0.29) is 25.6 Å². The van der Waals surface area contributed by atoms with E-state index < -0.39 is 11.9 Å². The molecule has 108 valence electrons. The molecule has 0 radical (unpaired) electrons. The van der Waals surface area contributed by atoms with E-state index in [1.54, 1.807) is 0 Å². The van der Waals surface area contributed by atoms with Gasteiger partial charge in [-0.05, 0) is 32.1 Å². The van der Waals surface area contributed by atoms with Crippen LogP contribution in [0.1, 0.15) is 51.9 Å². The van der Waals surface area contributed by atoms with Gasteiger partial charge in [0.15, 0.2) is 0 Å². The number of aliphatic hydroxyl groups is 2. The molecule has 0 rings (SSSR count). The molecule has 0 saturated heterocycles. The third-order valence-corrected chi connectivity index (χ3v) is 2.20. The molecule has 18 heavy (non-hydrogen) atoms. The zero-order valence-corrected chi connectivity index (χ0v) is 10.8. The summed E-state index contributed by atoms with van der Waals surface area (Å²) >= 11 is 0. The summed E-state index contributed by atoms with van der Waals surface area (Å²) in [5.41, 5.74) is 0. The summed E-state index contributed by atoms with van der Waals surface area (Å²) in [6.45, 7) is 2.12. The molecule has 4 N–H and O–H groups in total. The van der Waals surface area contributed by atoms with Crippen molar-refractivity contribution in [2.75, 3.05) is 6.61 Å². The topological polar surface area (TPSA) is 115 Å². The molecular formula is C12H24O6. The minimum absolute atomic E-state index is 0.0628. The third-order valence-electron chi connectivity index (χ3n) is 2.20. The van der Waals surface area contributed by atoms with Gasteiger partial charge in [0.25, 0.3) is 0 Å². The van der Waals surface area contributed by atoms with Crippen molar-refractivity contribution in [3.05, 3.63) is 0 Å². The Balaban J connectivity index is 0. The van der Waals surface area contributed by atoms with E-state index in [0.717, 1.165) is 19.3 Å². The van der Waals surface area contributed by atoms with Crippen LogP contribution in [0.15, 0.2) is 0 Å². The van der Waals surface area contributed by atoms with E-state index in [1.165, 1.54) is 0 Å². The highest BCUT2D eigenvalue weighted by Crippen LogP contribution is 1.99. The molecule has 0 aliphatic heterocycles. The second-order valence-electron chi connectivity index (χ2n) is 3.92. The Bertz CT molecular complexity index is 201. The van der Waals surface area contributed by atoms with E-state index in [4.69, 9.17) is 20.4 Å². The molecule has 6 heteroatoms. The van der Waals surface area contributed by atoms with Crippen molar-refractivity contribution >= 4 is 11.9 Å². The number of carboxylic acids is 2. The molecule has 0 saturated carbocycles. The maximum Gasteiger partial charge on any atom is 0.303 e. The Morgan fingerprint density at radius 2 is 1.44 bits per heavy atom. The molecule has 0 fully saturated rings. The van der Waals surface area contributed by atoms with Gasteiger partial charge >= 0.3 is 11.9 Å². The minimum Gasteiger partial charge on any atom is -0.481 e. The average molecular weight is 264 g/mol. The summed E-state index contributed by atoms with van der Waals surface area (Å²) in [7, 11) is 0. The first kappa shape index (κ1) is 19.2. The fourth-order valence-electron chi connectivity index (χ4n) is 1.08. The molecule has 0 bridgehead atoms. The molecule has 0 aliphatic rings. The van der Waals surface area contributed by atoms with Crippen molar-refractivity contribution in [1.29, 1.82) is 0 Å². The van der Waals surface area contributed by atoms with Crippen molar-refractivity contribution in [2.24, 2.45) is 0 Å². The monoisotopic (exact) mass is 264 g/mol. The predicted octanol–water partition coefficient (Wildman–Crippen LogP) is 1.25. The second kappa shape index (κ2) is 13.9. The summed E-state index contributed by atoms with van der Waals surface area (Å²) in [5, 5.41) is 33.4. The zero-order valence-electron chi connectivity index (χ0n) is 10.8. The van der Waals surface area contributed by atoms with Crippen molar-refractivity contribution in [3.8, 4) is 0 Å². The van der Waals surface area contributed by atoms with Crippen LogP contribution in [0.2, 0.25) is 0 Å². The summed E-state index contributed by atoms with van der Waals surface area (Å²) in [6.07, 6.45) is 3.05. The Labute approximate surface area is 107 Å². The largest absolute Gasteiger partial charge is 0.481 e. The van der Waals surface area contributed by atoms with Crippen LogP contribution in [0.4, 0.5) is 0 Å². The van der Waals surface area contributed by atoms with E-state index in [9.17, 15) is 9.59 Å². The molecule has 1 atom stereocenters. The summed E-state index contributed by atoms with van der Waals surface area (Å²) in [6, 6.07) is 0. The van der Waals surface area contributed by atoms with Crippen LogP contribution < -0.4 is 0 Å². The average Bonchev–Trinajstić information content (AvgIpc) is 2.32. The quantitative estimate of drug-likeness (QED) is 0.466. The number of unbranched alkanes of at least 4 members (excludes halogenated alkanes) is 1. The fraction of sp³-hybridized carbons (Fsp3) is 0.833. The van der Waals surface area contributed by atoms with Gasteiger partial charge in [-0.2, -0.15) is 0 Å². The zero-order chi connectivity index (χ0) is 14.4. The maximum atomic E-state index is 9.90. The fourth-order valence-corrected chi connectivity index (χ4v) is 1.08. The molecule has 0 aromatic rings. The van der Waals surface area contributed by atoms with E-state index in [1.807, 2.05) is 6.92 Å². The molecule has 1 unspecified atom stereocenters.